The van der Waals surface area contributed by atoms with Crippen molar-refractivity contribution in [2.24, 2.45) is 0 Å². The number of aliphatic hydroxyl groups is 1. The second kappa shape index (κ2) is 8.76. The summed E-state index contributed by atoms with van der Waals surface area (Å²) >= 11 is 0. The zero-order valence-corrected chi connectivity index (χ0v) is 13.3. The standard InChI is InChI=1S/C17H26N2O3/c1-2-3-14-22-16-6-4-15(5-7-16)17(21)19-10-8-18(9-11-19)12-13-20/h4-7,20H,2-3,8-14H2,1H3. The molecule has 122 valence electrons. The lowest BCUT2D eigenvalue weighted by Crippen LogP contribution is -2.49. The van der Waals surface area contributed by atoms with Gasteiger partial charge in [0, 0.05) is 38.3 Å². The third kappa shape index (κ3) is 4.71. The minimum Gasteiger partial charge on any atom is -0.494 e. The second-order valence-electron chi connectivity index (χ2n) is 5.58. The zero-order valence-electron chi connectivity index (χ0n) is 13.3. The van der Waals surface area contributed by atoms with Gasteiger partial charge in [-0.15, -0.1) is 0 Å². The highest BCUT2D eigenvalue weighted by molar-refractivity contribution is 5.94. The van der Waals surface area contributed by atoms with E-state index in [0.717, 1.165) is 38.3 Å². The van der Waals surface area contributed by atoms with Crippen LogP contribution < -0.4 is 4.74 Å². The van der Waals surface area contributed by atoms with E-state index in [-0.39, 0.29) is 12.5 Å². The molecule has 1 saturated heterocycles. The first kappa shape index (κ1) is 16.8. The maximum Gasteiger partial charge on any atom is 0.253 e. The number of hydrogen-bond acceptors (Lipinski definition) is 4. The Morgan fingerprint density at radius 3 is 2.45 bits per heavy atom. The smallest absolute Gasteiger partial charge is 0.253 e. The number of hydrogen-bond donors (Lipinski definition) is 1. The van der Waals surface area contributed by atoms with Crippen LogP contribution in [0.3, 0.4) is 0 Å². The van der Waals surface area contributed by atoms with Crippen molar-refractivity contribution >= 4 is 5.91 Å². The quantitative estimate of drug-likeness (QED) is 0.778. The molecule has 1 N–H and O–H groups in total. The number of piperazine rings is 1. The van der Waals surface area contributed by atoms with E-state index in [1.165, 1.54) is 0 Å². The first-order chi connectivity index (χ1) is 10.7. The third-order valence-electron chi connectivity index (χ3n) is 3.94. The molecule has 0 radical (unpaired) electrons. The van der Waals surface area contributed by atoms with Gasteiger partial charge in [-0.25, -0.2) is 0 Å². The van der Waals surface area contributed by atoms with Crippen LogP contribution in [0.4, 0.5) is 0 Å². The van der Waals surface area contributed by atoms with Crippen LogP contribution >= 0.6 is 0 Å². The molecule has 0 saturated carbocycles. The van der Waals surface area contributed by atoms with Crippen molar-refractivity contribution < 1.29 is 14.6 Å². The summed E-state index contributed by atoms with van der Waals surface area (Å²) in [6.07, 6.45) is 2.15. The fourth-order valence-corrected chi connectivity index (χ4v) is 2.53. The second-order valence-corrected chi connectivity index (χ2v) is 5.58. The first-order valence-electron chi connectivity index (χ1n) is 8.10. The lowest BCUT2D eigenvalue weighted by molar-refractivity contribution is 0.0615. The molecule has 2 rings (SSSR count). The monoisotopic (exact) mass is 306 g/mol. The van der Waals surface area contributed by atoms with Gasteiger partial charge in [0.05, 0.1) is 13.2 Å². The van der Waals surface area contributed by atoms with E-state index in [1.807, 2.05) is 29.2 Å². The maximum absolute atomic E-state index is 12.5. The number of carbonyl (C=O) groups excluding carboxylic acids is 1. The largest absolute Gasteiger partial charge is 0.494 e. The molecule has 1 aliphatic heterocycles. The summed E-state index contributed by atoms with van der Waals surface area (Å²) in [7, 11) is 0. The van der Waals surface area contributed by atoms with Crippen molar-refractivity contribution in [1.82, 2.24) is 9.80 Å². The molecular weight excluding hydrogens is 280 g/mol. The van der Waals surface area contributed by atoms with E-state index in [4.69, 9.17) is 9.84 Å². The predicted molar refractivity (Wildman–Crippen MR) is 86.3 cm³/mol. The number of β-amino-alcohol motifs (C(OH)–C–C–N with tert-alkyl or cyclic N) is 1. The van der Waals surface area contributed by atoms with Crippen LogP contribution in [0, 0.1) is 0 Å². The summed E-state index contributed by atoms with van der Waals surface area (Å²) in [5.74, 6) is 0.890. The molecule has 5 nitrogen and oxygen atoms in total. The molecule has 0 atom stereocenters. The highest BCUT2D eigenvalue weighted by atomic mass is 16.5. The van der Waals surface area contributed by atoms with Crippen LogP contribution in [0.1, 0.15) is 30.1 Å². The van der Waals surface area contributed by atoms with Gasteiger partial charge in [0.15, 0.2) is 0 Å². The first-order valence-corrected chi connectivity index (χ1v) is 8.10. The van der Waals surface area contributed by atoms with Gasteiger partial charge in [0.1, 0.15) is 5.75 Å². The van der Waals surface area contributed by atoms with Crippen LogP contribution in [-0.2, 0) is 0 Å². The van der Waals surface area contributed by atoms with Crippen LogP contribution in [0.25, 0.3) is 0 Å². The molecule has 5 heteroatoms. The van der Waals surface area contributed by atoms with Gasteiger partial charge in [-0.05, 0) is 30.7 Å². The number of benzene rings is 1. The molecule has 1 aromatic rings. The Morgan fingerprint density at radius 2 is 1.86 bits per heavy atom. The van der Waals surface area contributed by atoms with Crippen molar-refractivity contribution in [1.29, 1.82) is 0 Å². The minimum absolute atomic E-state index is 0.0729. The fraction of sp³-hybridized carbons (Fsp3) is 0.588. The number of unbranched alkanes of at least 4 members (excludes halogenated alkanes) is 1. The van der Waals surface area contributed by atoms with E-state index in [9.17, 15) is 4.79 Å². The summed E-state index contributed by atoms with van der Waals surface area (Å²) in [4.78, 5) is 16.5. The third-order valence-corrected chi connectivity index (χ3v) is 3.94. The molecule has 1 amide bonds. The van der Waals surface area contributed by atoms with Crippen molar-refractivity contribution in [3.63, 3.8) is 0 Å². The molecule has 1 heterocycles. The van der Waals surface area contributed by atoms with Crippen molar-refractivity contribution in [2.45, 2.75) is 19.8 Å². The molecule has 1 fully saturated rings. The zero-order chi connectivity index (χ0) is 15.8. The highest BCUT2D eigenvalue weighted by Gasteiger charge is 2.21. The SMILES string of the molecule is CCCCOc1ccc(C(=O)N2CCN(CCO)CC2)cc1. The number of carbonyl (C=O) groups is 1. The van der Waals surface area contributed by atoms with Gasteiger partial charge in [0.25, 0.3) is 5.91 Å². The van der Waals surface area contributed by atoms with Gasteiger partial charge < -0.3 is 14.7 Å². The van der Waals surface area contributed by atoms with Gasteiger partial charge in [-0.3, -0.25) is 9.69 Å². The lowest BCUT2D eigenvalue weighted by atomic mass is 10.1. The summed E-state index contributed by atoms with van der Waals surface area (Å²) in [5, 5.41) is 8.94. The van der Waals surface area contributed by atoms with Crippen LogP contribution in [-0.4, -0.2) is 66.8 Å². The molecule has 0 unspecified atom stereocenters. The van der Waals surface area contributed by atoms with Crippen LogP contribution in [0.2, 0.25) is 0 Å². The topological polar surface area (TPSA) is 53.0 Å². The summed E-state index contributed by atoms with van der Waals surface area (Å²) in [6.45, 7) is 6.79. The molecule has 1 aliphatic rings. The van der Waals surface area contributed by atoms with Crippen molar-refractivity contribution in [2.75, 3.05) is 45.9 Å². The predicted octanol–water partition coefficient (Wildman–Crippen LogP) is 1.62. The Morgan fingerprint density at radius 1 is 1.18 bits per heavy atom. The summed E-state index contributed by atoms with van der Waals surface area (Å²) in [6, 6.07) is 7.41. The number of nitrogens with zero attached hydrogens (tertiary/aromatic N) is 2. The average Bonchev–Trinajstić information content (AvgIpc) is 2.56. The van der Waals surface area contributed by atoms with E-state index in [0.29, 0.717) is 25.2 Å². The number of rotatable bonds is 7. The Labute approximate surface area is 132 Å². The van der Waals surface area contributed by atoms with E-state index in [1.54, 1.807) is 0 Å². The number of aliphatic hydroxyl groups excluding tert-OH is 1. The van der Waals surface area contributed by atoms with Crippen LogP contribution in [0.15, 0.2) is 24.3 Å². The molecule has 0 aliphatic carbocycles. The number of amides is 1. The maximum atomic E-state index is 12.5. The summed E-state index contributed by atoms with van der Waals surface area (Å²) < 4.78 is 5.61. The van der Waals surface area contributed by atoms with Gasteiger partial charge in [-0.2, -0.15) is 0 Å². The van der Waals surface area contributed by atoms with Crippen molar-refractivity contribution in [3.05, 3.63) is 29.8 Å². The molecular formula is C17H26N2O3. The highest BCUT2D eigenvalue weighted by Crippen LogP contribution is 2.15. The van der Waals surface area contributed by atoms with Gasteiger partial charge >= 0.3 is 0 Å². The normalized spacial score (nSPS) is 15.8. The molecule has 0 bridgehead atoms. The van der Waals surface area contributed by atoms with E-state index < -0.39 is 0 Å². The Balaban J connectivity index is 1.85. The Kier molecular flexibility index (Phi) is 6.68. The van der Waals surface area contributed by atoms with Crippen molar-refractivity contribution in [3.8, 4) is 5.75 Å². The van der Waals surface area contributed by atoms with Crippen LogP contribution in [0.5, 0.6) is 5.75 Å². The molecule has 0 spiro atoms. The fourth-order valence-electron chi connectivity index (χ4n) is 2.53. The average molecular weight is 306 g/mol. The van der Waals surface area contributed by atoms with E-state index in [2.05, 4.69) is 11.8 Å². The Bertz CT molecular complexity index is 453. The summed E-state index contributed by atoms with van der Waals surface area (Å²) in [5.41, 5.74) is 0.707. The lowest BCUT2D eigenvalue weighted by Gasteiger charge is -2.34. The van der Waals surface area contributed by atoms with Gasteiger partial charge in [-0.1, -0.05) is 13.3 Å². The molecule has 1 aromatic carbocycles. The molecule has 0 aromatic heterocycles. The molecule has 22 heavy (non-hydrogen) atoms. The van der Waals surface area contributed by atoms with Gasteiger partial charge in [0.2, 0.25) is 0 Å². The Hall–Kier alpha value is -1.59. The van der Waals surface area contributed by atoms with E-state index >= 15 is 0 Å². The minimum atomic E-state index is 0.0729. The number of ether oxygens (including phenoxy) is 1.